The zero-order valence-electron chi connectivity index (χ0n) is 13.2. The van der Waals surface area contributed by atoms with E-state index in [9.17, 15) is 0 Å². The third-order valence-electron chi connectivity index (χ3n) is 4.17. The molecule has 0 N–H and O–H groups in total. The van der Waals surface area contributed by atoms with E-state index in [4.69, 9.17) is 28.2 Å². The third kappa shape index (κ3) is 3.46. The van der Waals surface area contributed by atoms with E-state index in [1.54, 1.807) is 12.4 Å². The van der Waals surface area contributed by atoms with E-state index in [1.807, 2.05) is 18.3 Å². The van der Waals surface area contributed by atoms with Gasteiger partial charge in [0.1, 0.15) is 16.6 Å². The lowest BCUT2D eigenvalue weighted by molar-refractivity contribution is 0.241. The molecule has 0 aliphatic carbocycles. The van der Waals surface area contributed by atoms with Crippen molar-refractivity contribution in [1.82, 2.24) is 29.8 Å². The Morgan fingerprint density at radius 2 is 1.92 bits per heavy atom. The van der Waals surface area contributed by atoms with Crippen molar-refractivity contribution in [3.8, 4) is 11.4 Å². The van der Waals surface area contributed by atoms with Gasteiger partial charge in [-0.3, -0.25) is 9.88 Å². The van der Waals surface area contributed by atoms with Crippen molar-refractivity contribution in [3.05, 3.63) is 64.2 Å². The summed E-state index contributed by atoms with van der Waals surface area (Å²) in [5.74, 6) is 0.688. The van der Waals surface area contributed by atoms with Gasteiger partial charge in [-0.2, -0.15) is 0 Å². The molecule has 0 atom stereocenters. The van der Waals surface area contributed by atoms with Gasteiger partial charge in [0.25, 0.3) is 0 Å². The van der Waals surface area contributed by atoms with Crippen molar-refractivity contribution in [1.29, 1.82) is 0 Å². The first-order valence-corrected chi connectivity index (χ1v) is 8.58. The Labute approximate surface area is 154 Å². The van der Waals surface area contributed by atoms with Gasteiger partial charge in [-0.25, -0.2) is 19.9 Å². The molecule has 0 radical (unpaired) electrons. The maximum Gasteiger partial charge on any atom is 0.160 e. The van der Waals surface area contributed by atoms with Gasteiger partial charge in [-0.15, -0.1) is 0 Å². The monoisotopic (exact) mass is 372 g/mol. The molecule has 0 spiro atoms. The average Bonchev–Trinajstić information content (AvgIpc) is 2.65. The molecule has 3 aromatic rings. The average molecular weight is 373 g/mol. The minimum atomic E-state index is 0.393. The van der Waals surface area contributed by atoms with Gasteiger partial charge >= 0.3 is 0 Å². The van der Waals surface area contributed by atoms with Gasteiger partial charge < -0.3 is 0 Å². The zero-order valence-corrected chi connectivity index (χ0v) is 14.7. The maximum atomic E-state index is 6.16. The van der Waals surface area contributed by atoms with Gasteiger partial charge in [-0.05, 0) is 24.1 Å². The van der Waals surface area contributed by atoms with Crippen molar-refractivity contribution in [3.63, 3.8) is 0 Å². The first kappa shape index (κ1) is 16.3. The highest BCUT2D eigenvalue weighted by Crippen LogP contribution is 2.25. The van der Waals surface area contributed by atoms with Gasteiger partial charge in [0.15, 0.2) is 5.82 Å². The van der Waals surface area contributed by atoms with Crippen LogP contribution in [0.3, 0.4) is 0 Å². The lowest BCUT2D eigenvalue weighted by atomic mass is 10.1. The molecule has 0 bridgehead atoms. The maximum absolute atomic E-state index is 6.16. The van der Waals surface area contributed by atoms with Crippen LogP contribution in [0.4, 0.5) is 0 Å². The van der Waals surface area contributed by atoms with Crippen LogP contribution in [0.5, 0.6) is 0 Å². The van der Waals surface area contributed by atoms with E-state index in [-0.39, 0.29) is 0 Å². The Balaban J connectivity index is 1.58. The van der Waals surface area contributed by atoms with E-state index in [2.05, 4.69) is 24.8 Å². The molecule has 4 rings (SSSR count). The number of hydrogen-bond donors (Lipinski definition) is 0. The highest BCUT2D eigenvalue weighted by molar-refractivity contribution is 6.34. The molecular weight excluding hydrogens is 359 g/mol. The van der Waals surface area contributed by atoms with Crippen LogP contribution in [0.1, 0.15) is 16.8 Å². The normalized spacial score (nSPS) is 14.3. The largest absolute Gasteiger partial charge is 0.293 e. The number of rotatable bonds is 3. The molecule has 8 heteroatoms. The van der Waals surface area contributed by atoms with Crippen molar-refractivity contribution in [2.45, 2.75) is 19.5 Å². The Kier molecular flexibility index (Phi) is 4.57. The number of hydrogen-bond acceptors (Lipinski definition) is 6. The Bertz CT molecular complexity index is 883. The summed E-state index contributed by atoms with van der Waals surface area (Å²) in [6.07, 6.45) is 7.66. The molecule has 0 saturated carbocycles. The van der Waals surface area contributed by atoms with Crippen LogP contribution in [0.25, 0.3) is 11.4 Å². The minimum Gasteiger partial charge on any atom is -0.293 e. The number of nitrogens with zero attached hydrogens (tertiary/aromatic N) is 6. The van der Waals surface area contributed by atoms with E-state index >= 15 is 0 Å². The molecule has 126 valence electrons. The Morgan fingerprint density at radius 1 is 1.08 bits per heavy atom. The molecule has 0 saturated heterocycles. The summed E-state index contributed by atoms with van der Waals surface area (Å²) in [5.41, 5.74) is 3.84. The molecule has 4 heterocycles. The number of pyridine rings is 1. The number of aromatic nitrogens is 5. The van der Waals surface area contributed by atoms with E-state index in [1.165, 1.54) is 11.9 Å². The second kappa shape index (κ2) is 7.00. The SMILES string of the molecule is Clc1ncnc(Cl)c1CN1CCc2cnc(-c3cccnc3)nc2C1. The van der Waals surface area contributed by atoms with Crippen LogP contribution in [-0.2, 0) is 19.5 Å². The Hall–Kier alpha value is -2.15. The predicted molar refractivity (Wildman–Crippen MR) is 95.1 cm³/mol. The summed E-state index contributed by atoms with van der Waals surface area (Å²) in [4.78, 5) is 23.6. The first-order valence-electron chi connectivity index (χ1n) is 7.83. The summed E-state index contributed by atoms with van der Waals surface area (Å²) in [6.45, 7) is 2.17. The fraction of sp³-hybridized carbons (Fsp3) is 0.235. The van der Waals surface area contributed by atoms with Gasteiger partial charge in [0.05, 0.1) is 5.69 Å². The summed E-state index contributed by atoms with van der Waals surface area (Å²) >= 11 is 12.3. The summed E-state index contributed by atoms with van der Waals surface area (Å²) in [6, 6.07) is 3.83. The quantitative estimate of drug-likeness (QED) is 0.657. The second-order valence-electron chi connectivity index (χ2n) is 5.80. The van der Waals surface area contributed by atoms with E-state index in [0.29, 0.717) is 29.2 Å². The fourth-order valence-electron chi connectivity index (χ4n) is 2.85. The highest BCUT2D eigenvalue weighted by atomic mass is 35.5. The molecule has 0 aromatic carbocycles. The van der Waals surface area contributed by atoms with Gasteiger partial charge in [0.2, 0.25) is 0 Å². The molecule has 25 heavy (non-hydrogen) atoms. The van der Waals surface area contributed by atoms with E-state index < -0.39 is 0 Å². The lowest BCUT2D eigenvalue weighted by Gasteiger charge is -2.28. The van der Waals surface area contributed by atoms with Crippen molar-refractivity contribution in [2.75, 3.05) is 6.54 Å². The van der Waals surface area contributed by atoms with E-state index in [0.717, 1.165) is 29.8 Å². The number of fused-ring (bicyclic) bond motifs is 1. The van der Waals surface area contributed by atoms with Gasteiger partial charge in [-0.1, -0.05) is 23.2 Å². The third-order valence-corrected chi connectivity index (χ3v) is 4.82. The van der Waals surface area contributed by atoms with Crippen molar-refractivity contribution >= 4 is 23.2 Å². The highest BCUT2D eigenvalue weighted by Gasteiger charge is 2.21. The molecule has 0 unspecified atom stereocenters. The molecule has 1 aliphatic heterocycles. The first-order chi connectivity index (χ1) is 12.2. The smallest absolute Gasteiger partial charge is 0.160 e. The minimum absolute atomic E-state index is 0.393. The summed E-state index contributed by atoms with van der Waals surface area (Å²) < 4.78 is 0. The van der Waals surface area contributed by atoms with Crippen molar-refractivity contribution < 1.29 is 0 Å². The molecule has 0 amide bonds. The molecule has 6 nitrogen and oxygen atoms in total. The van der Waals surface area contributed by atoms with Crippen LogP contribution in [0, 0.1) is 0 Å². The zero-order chi connectivity index (χ0) is 17.2. The molecule has 3 aromatic heterocycles. The van der Waals surface area contributed by atoms with Crippen molar-refractivity contribution in [2.24, 2.45) is 0 Å². The van der Waals surface area contributed by atoms with Crippen LogP contribution >= 0.6 is 23.2 Å². The Morgan fingerprint density at radius 3 is 2.68 bits per heavy atom. The van der Waals surface area contributed by atoms with Crippen LogP contribution < -0.4 is 0 Å². The summed E-state index contributed by atoms with van der Waals surface area (Å²) in [5, 5.41) is 0.786. The fourth-order valence-corrected chi connectivity index (χ4v) is 3.29. The standard InChI is InChI=1S/C17H14Cl2N6/c18-15-13(16(19)23-10-22-15)8-25-5-3-11-7-21-17(24-14(11)9-25)12-2-1-4-20-6-12/h1-2,4,6-7,10H,3,5,8-9H2. The van der Waals surface area contributed by atoms with Gasteiger partial charge in [0, 0.05) is 49.4 Å². The topological polar surface area (TPSA) is 67.7 Å². The molecule has 1 aliphatic rings. The van der Waals surface area contributed by atoms with Crippen LogP contribution in [-0.4, -0.2) is 36.4 Å². The molecular formula is C17H14Cl2N6. The summed E-state index contributed by atoms with van der Waals surface area (Å²) in [7, 11) is 0. The van der Waals surface area contributed by atoms with Crippen LogP contribution in [0.2, 0.25) is 10.3 Å². The molecule has 0 fully saturated rings. The predicted octanol–water partition coefficient (Wildman–Crippen LogP) is 3.19. The number of halogens is 2. The lowest BCUT2D eigenvalue weighted by Crippen LogP contribution is -2.31. The van der Waals surface area contributed by atoms with Crippen LogP contribution in [0.15, 0.2) is 37.1 Å². The second-order valence-corrected chi connectivity index (χ2v) is 6.52.